The highest BCUT2D eigenvalue weighted by Gasteiger charge is 2.19. The minimum absolute atomic E-state index is 0. The molecule has 0 fully saturated rings. The van der Waals surface area contributed by atoms with Crippen molar-refractivity contribution in [2.75, 3.05) is 17.2 Å². The molecule has 0 atom stereocenters. The molecule has 102 valence electrons. The Labute approximate surface area is 128 Å². The van der Waals surface area contributed by atoms with E-state index in [0.29, 0.717) is 0 Å². The number of nitrogens with zero attached hydrogens (tertiary/aromatic N) is 1. The van der Waals surface area contributed by atoms with Crippen molar-refractivity contribution in [1.29, 1.82) is 0 Å². The fourth-order valence-electron chi connectivity index (χ4n) is 2.53. The molecule has 2 N–H and O–H groups in total. The molecule has 0 spiro atoms. The highest BCUT2D eigenvalue weighted by molar-refractivity contribution is 7.14. The van der Waals surface area contributed by atoms with Crippen LogP contribution in [0.25, 0.3) is 0 Å². The molecule has 0 aliphatic carbocycles. The molecule has 1 aliphatic rings. The summed E-state index contributed by atoms with van der Waals surface area (Å²) in [5.74, 6) is 0. The van der Waals surface area contributed by atoms with Gasteiger partial charge in [-0.2, -0.15) is 0 Å². The van der Waals surface area contributed by atoms with E-state index in [2.05, 4.69) is 17.0 Å². The van der Waals surface area contributed by atoms with Gasteiger partial charge in [-0.25, -0.2) is 0 Å². The summed E-state index contributed by atoms with van der Waals surface area (Å²) in [6.45, 7) is 1.95. The third-order valence-electron chi connectivity index (χ3n) is 3.44. The highest BCUT2D eigenvalue weighted by Crippen LogP contribution is 2.33. The van der Waals surface area contributed by atoms with Gasteiger partial charge in [-0.05, 0) is 42.0 Å². The molecule has 1 aliphatic heterocycles. The van der Waals surface area contributed by atoms with Crippen LogP contribution in [0.1, 0.15) is 17.5 Å². The molecule has 0 bridgehead atoms. The van der Waals surface area contributed by atoms with Crippen LogP contribution in [0, 0.1) is 0 Å². The van der Waals surface area contributed by atoms with Gasteiger partial charge in [0.05, 0.1) is 4.34 Å². The Bertz CT molecular complexity index is 568. The first-order valence-electron chi connectivity index (χ1n) is 6.10. The zero-order valence-corrected chi connectivity index (χ0v) is 12.8. The van der Waals surface area contributed by atoms with Crippen LogP contribution in [0.3, 0.4) is 0 Å². The number of nitrogens with two attached hydrogens (primary N) is 1. The van der Waals surface area contributed by atoms with Gasteiger partial charge in [0.1, 0.15) is 0 Å². The zero-order valence-electron chi connectivity index (χ0n) is 10.4. The molecule has 5 heteroatoms. The molecule has 2 heterocycles. The van der Waals surface area contributed by atoms with Crippen LogP contribution >= 0.6 is 35.3 Å². The van der Waals surface area contributed by atoms with Crippen LogP contribution in [0.4, 0.5) is 11.4 Å². The summed E-state index contributed by atoms with van der Waals surface area (Å²) < 4.78 is 0.894. The van der Waals surface area contributed by atoms with Crippen molar-refractivity contribution in [2.45, 2.75) is 19.4 Å². The maximum Gasteiger partial charge on any atom is 0.0978 e. The lowest BCUT2D eigenvalue weighted by Gasteiger charge is -2.32. The first-order chi connectivity index (χ1) is 8.75. The first kappa shape index (κ1) is 14.5. The van der Waals surface area contributed by atoms with Crippen LogP contribution < -0.4 is 10.6 Å². The lowest BCUT2D eigenvalue weighted by Crippen LogP contribution is -2.29. The number of rotatable bonds is 2. The van der Waals surface area contributed by atoms with E-state index in [0.717, 1.165) is 36.0 Å². The van der Waals surface area contributed by atoms with Gasteiger partial charge >= 0.3 is 0 Å². The van der Waals surface area contributed by atoms with Gasteiger partial charge in [0.2, 0.25) is 0 Å². The topological polar surface area (TPSA) is 29.3 Å². The van der Waals surface area contributed by atoms with Crippen molar-refractivity contribution in [1.82, 2.24) is 0 Å². The number of nitrogen functional groups attached to an aromatic ring is 1. The summed E-state index contributed by atoms with van der Waals surface area (Å²) in [7, 11) is 0. The van der Waals surface area contributed by atoms with E-state index in [1.165, 1.54) is 16.8 Å². The molecule has 0 unspecified atom stereocenters. The van der Waals surface area contributed by atoms with Crippen LogP contribution in [0.2, 0.25) is 4.34 Å². The fourth-order valence-corrected chi connectivity index (χ4v) is 3.44. The summed E-state index contributed by atoms with van der Waals surface area (Å²) in [4.78, 5) is 2.38. The van der Waals surface area contributed by atoms with Gasteiger partial charge in [-0.1, -0.05) is 17.7 Å². The normalized spacial score (nSPS) is 13.8. The summed E-state index contributed by atoms with van der Waals surface area (Å²) in [6, 6.07) is 8.28. The Morgan fingerprint density at radius 3 is 2.89 bits per heavy atom. The summed E-state index contributed by atoms with van der Waals surface area (Å²) in [5, 5.41) is 2.04. The zero-order chi connectivity index (χ0) is 12.5. The van der Waals surface area contributed by atoms with E-state index in [1.54, 1.807) is 11.3 Å². The Morgan fingerprint density at radius 2 is 2.16 bits per heavy atom. The van der Waals surface area contributed by atoms with E-state index in [1.807, 2.05) is 17.5 Å². The average molecular weight is 315 g/mol. The summed E-state index contributed by atoms with van der Waals surface area (Å²) in [5.41, 5.74) is 10.7. The molecule has 1 aromatic heterocycles. The van der Waals surface area contributed by atoms with E-state index >= 15 is 0 Å². The number of hydrogen-bond acceptors (Lipinski definition) is 3. The summed E-state index contributed by atoms with van der Waals surface area (Å²) >= 11 is 7.78. The maximum absolute atomic E-state index is 6.18. The third kappa shape index (κ3) is 2.83. The van der Waals surface area contributed by atoms with Crippen molar-refractivity contribution in [2.24, 2.45) is 0 Å². The fraction of sp³-hybridized carbons (Fsp3) is 0.286. The van der Waals surface area contributed by atoms with E-state index in [4.69, 9.17) is 17.3 Å². The molecule has 0 saturated carbocycles. The average Bonchev–Trinajstić information content (AvgIpc) is 2.77. The Balaban J connectivity index is 0.00000133. The third-order valence-corrected chi connectivity index (χ3v) is 4.69. The Hall–Kier alpha value is -0.900. The van der Waals surface area contributed by atoms with Crippen molar-refractivity contribution < 1.29 is 0 Å². The van der Waals surface area contributed by atoms with Crippen LogP contribution in [0.15, 0.2) is 29.6 Å². The first-order valence-corrected chi connectivity index (χ1v) is 7.35. The van der Waals surface area contributed by atoms with Crippen LogP contribution in [-0.4, -0.2) is 6.54 Å². The maximum atomic E-state index is 6.18. The molecule has 1 aromatic carbocycles. The largest absolute Gasteiger partial charge is 0.398 e. The quantitative estimate of drug-likeness (QED) is 0.834. The molecular formula is C14H16Cl2N2S. The molecule has 19 heavy (non-hydrogen) atoms. The van der Waals surface area contributed by atoms with Gasteiger partial charge in [0, 0.05) is 30.0 Å². The molecule has 3 rings (SSSR count). The summed E-state index contributed by atoms with van der Waals surface area (Å²) in [6.07, 6.45) is 2.23. The predicted molar refractivity (Wildman–Crippen MR) is 86.8 cm³/mol. The number of anilines is 2. The lowest BCUT2D eigenvalue weighted by atomic mass is 9.99. The molecule has 0 radical (unpaired) electrons. The standard InChI is InChI=1S/C14H15ClN2S.ClH/c15-14-10(6-8-18-14)9-17-7-2-3-11-12(16)4-1-5-13(11)17;/h1,4-6,8H,2-3,7,9,16H2;1H. The smallest absolute Gasteiger partial charge is 0.0978 e. The van der Waals surface area contributed by atoms with Crippen LogP contribution in [-0.2, 0) is 13.0 Å². The SMILES string of the molecule is Cl.Nc1cccc2c1CCCN2Cc1ccsc1Cl. The van der Waals surface area contributed by atoms with Crippen molar-refractivity contribution >= 4 is 46.7 Å². The molecular weight excluding hydrogens is 299 g/mol. The van der Waals surface area contributed by atoms with Crippen molar-refractivity contribution in [3.63, 3.8) is 0 Å². The van der Waals surface area contributed by atoms with E-state index in [9.17, 15) is 0 Å². The van der Waals surface area contributed by atoms with Gasteiger partial charge < -0.3 is 10.6 Å². The van der Waals surface area contributed by atoms with Gasteiger partial charge in [0.15, 0.2) is 0 Å². The number of thiophene rings is 1. The van der Waals surface area contributed by atoms with Crippen molar-refractivity contribution in [3.05, 3.63) is 45.1 Å². The minimum Gasteiger partial charge on any atom is -0.398 e. The van der Waals surface area contributed by atoms with Crippen molar-refractivity contribution in [3.8, 4) is 0 Å². The monoisotopic (exact) mass is 314 g/mol. The number of halogens is 2. The Morgan fingerprint density at radius 1 is 1.32 bits per heavy atom. The lowest BCUT2D eigenvalue weighted by molar-refractivity contribution is 0.693. The highest BCUT2D eigenvalue weighted by atomic mass is 35.5. The number of hydrogen-bond donors (Lipinski definition) is 1. The molecule has 0 saturated heterocycles. The second kappa shape index (κ2) is 6.04. The number of fused-ring (bicyclic) bond motifs is 1. The molecule has 2 aromatic rings. The van der Waals surface area contributed by atoms with Gasteiger partial charge in [-0.3, -0.25) is 0 Å². The van der Waals surface area contributed by atoms with Gasteiger partial charge in [0.25, 0.3) is 0 Å². The van der Waals surface area contributed by atoms with E-state index < -0.39 is 0 Å². The minimum atomic E-state index is 0. The Kier molecular flexibility index (Phi) is 4.61. The second-order valence-electron chi connectivity index (χ2n) is 4.59. The molecule has 2 nitrogen and oxygen atoms in total. The van der Waals surface area contributed by atoms with E-state index in [-0.39, 0.29) is 12.4 Å². The number of benzene rings is 1. The second-order valence-corrected chi connectivity index (χ2v) is 6.11. The predicted octanol–water partition coefficient (Wildman–Crippen LogP) is 4.36. The van der Waals surface area contributed by atoms with Gasteiger partial charge in [-0.15, -0.1) is 23.7 Å². The van der Waals surface area contributed by atoms with Crippen LogP contribution in [0.5, 0.6) is 0 Å². The molecule has 0 amide bonds.